The summed E-state index contributed by atoms with van der Waals surface area (Å²) in [5, 5.41) is 7.46. The summed E-state index contributed by atoms with van der Waals surface area (Å²) in [5.41, 5.74) is -1.07. The lowest BCUT2D eigenvalue weighted by molar-refractivity contribution is -0.156. The fourth-order valence-electron chi connectivity index (χ4n) is 3.56. The monoisotopic (exact) mass is 424 g/mol. The zero-order valence-corrected chi connectivity index (χ0v) is 18.1. The average molecular weight is 424 g/mol. The first kappa shape index (κ1) is 23.6. The van der Waals surface area contributed by atoms with Crippen LogP contribution >= 0.6 is 0 Å². The Morgan fingerprint density at radius 1 is 1.20 bits per heavy atom. The number of carbonyl (C=O) groups is 5. The largest absolute Gasteiger partial charge is 0.451 e. The van der Waals surface area contributed by atoms with Gasteiger partial charge in [-0.3, -0.25) is 24.6 Å². The molecule has 2 rings (SSSR count). The number of amides is 6. The Morgan fingerprint density at radius 3 is 2.43 bits per heavy atom. The van der Waals surface area contributed by atoms with Gasteiger partial charge in [0.15, 0.2) is 6.10 Å². The second kappa shape index (κ2) is 9.90. The van der Waals surface area contributed by atoms with E-state index in [0.717, 1.165) is 37.0 Å². The number of esters is 1. The Hall–Kier alpha value is -2.65. The molecule has 168 valence electrons. The standard InChI is InChI=1S/C20H32N4O6/c1-12(2)9-10-20(4)17(27)24(19(29)23-20)11-15(25)30-13(3)16(26)22-18(28)21-14-7-5-6-8-14/h12-14H,5-11H2,1-4H3,(H,23,29)(H2,21,22,26,28)/t13-,20-/m0/s1. The van der Waals surface area contributed by atoms with Crippen LogP contribution in [0.25, 0.3) is 0 Å². The van der Waals surface area contributed by atoms with Crippen molar-refractivity contribution in [3.05, 3.63) is 0 Å². The number of ether oxygens (including phenoxy) is 1. The van der Waals surface area contributed by atoms with Gasteiger partial charge >= 0.3 is 18.0 Å². The van der Waals surface area contributed by atoms with E-state index in [1.165, 1.54) is 6.92 Å². The summed E-state index contributed by atoms with van der Waals surface area (Å²) < 4.78 is 5.00. The normalized spacial score (nSPS) is 22.8. The number of rotatable bonds is 8. The second-order valence-electron chi connectivity index (χ2n) is 8.66. The lowest BCUT2D eigenvalue weighted by Gasteiger charge is -2.22. The van der Waals surface area contributed by atoms with E-state index < -0.39 is 48.0 Å². The van der Waals surface area contributed by atoms with Gasteiger partial charge in [-0.25, -0.2) is 9.59 Å². The highest BCUT2D eigenvalue weighted by atomic mass is 16.5. The van der Waals surface area contributed by atoms with Gasteiger partial charge < -0.3 is 15.4 Å². The third-order valence-corrected chi connectivity index (χ3v) is 5.46. The van der Waals surface area contributed by atoms with E-state index in [0.29, 0.717) is 12.3 Å². The predicted molar refractivity (Wildman–Crippen MR) is 107 cm³/mol. The molecule has 1 aliphatic heterocycles. The van der Waals surface area contributed by atoms with Gasteiger partial charge in [0.25, 0.3) is 11.8 Å². The SMILES string of the molecule is CC(C)CC[C@]1(C)NC(=O)N(CC(=O)O[C@@H](C)C(=O)NC(=O)NC2CCCC2)C1=O. The molecule has 0 unspecified atom stereocenters. The average Bonchev–Trinajstić information content (AvgIpc) is 3.22. The number of hydrogen-bond donors (Lipinski definition) is 3. The maximum Gasteiger partial charge on any atom is 0.327 e. The van der Waals surface area contributed by atoms with Gasteiger partial charge in [-0.05, 0) is 45.4 Å². The topological polar surface area (TPSA) is 134 Å². The molecule has 10 nitrogen and oxygen atoms in total. The Kier molecular flexibility index (Phi) is 7.80. The van der Waals surface area contributed by atoms with E-state index in [-0.39, 0.29) is 6.04 Å². The van der Waals surface area contributed by atoms with Crippen LogP contribution in [0.15, 0.2) is 0 Å². The highest BCUT2D eigenvalue weighted by Crippen LogP contribution is 2.24. The maximum atomic E-state index is 12.6. The molecule has 1 saturated heterocycles. The summed E-state index contributed by atoms with van der Waals surface area (Å²) in [6.07, 6.45) is 3.75. The minimum absolute atomic E-state index is 0.0420. The molecule has 1 saturated carbocycles. The number of imide groups is 2. The Labute approximate surface area is 176 Å². The minimum atomic E-state index is -1.25. The summed E-state index contributed by atoms with van der Waals surface area (Å²) in [4.78, 5) is 61.7. The van der Waals surface area contributed by atoms with E-state index >= 15 is 0 Å². The summed E-state index contributed by atoms with van der Waals surface area (Å²) >= 11 is 0. The van der Waals surface area contributed by atoms with Crippen molar-refractivity contribution in [2.45, 2.75) is 83.9 Å². The lowest BCUT2D eigenvalue weighted by atomic mass is 9.92. The number of hydrogen-bond acceptors (Lipinski definition) is 6. The van der Waals surface area contributed by atoms with Gasteiger partial charge in [-0.2, -0.15) is 0 Å². The van der Waals surface area contributed by atoms with Crippen molar-refractivity contribution in [3.8, 4) is 0 Å². The van der Waals surface area contributed by atoms with E-state index in [9.17, 15) is 24.0 Å². The highest BCUT2D eigenvalue weighted by molar-refractivity contribution is 6.08. The summed E-state index contributed by atoms with van der Waals surface area (Å²) in [6, 6.07) is -1.26. The molecular formula is C20H32N4O6. The van der Waals surface area contributed by atoms with Crippen molar-refractivity contribution in [1.82, 2.24) is 20.9 Å². The number of urea groups is 2. The molecule has 0 radical (unpaired) electrons. The van der Waals surface area contributed by atoms with Crippen LogP contribution in [-0.2, 0) is 19.1 Å². The van der Waals surface area contributed by atoms with Crippen LogP contribution in [0.4, 0.5) is 9.59 Å². The van der Waals surface area contributed by atoms with E-state index in [1.807, 2.05) is 13.8 Å². The summed E-state index contributed by atoms with van der Waals surface area (Å²) in [6.45, 7) is 6.36. The molecule has 1 heterocycles. The van der Waals surface area contributed by atoms with E-state index in [1.54, 1.807) is 6.92 Å². The van der Waals surface area contributed by atoms with Gasteiger partial charge in [0.2, 0.25) is 0 Å². The molecule has 2 atom stereocenters. The van der Waals surface area contributed by atoms with Crippen molar-refractivity contribution in [1.29, 1.82) is 0 Å². The van der Waals surface area contributed by atoms with Crippen LogP contribution < -0.4 is 16.0 Å². The third kappa shape index (κ3) is 6.17. The minimum Gasteiger partial charge on any atom is -0.451 e. The summed E-state index contributed by atoms with van der Waals surface area (Å²) in [7, 11) is 0. The molecule has 1 aliphatic carbocycles. The molecule has 0 aromatic carbocycles. The van der Waals surface area contributed by atoms with Gasteiger partial charge in [0.05, 0.1) is 0 Å². The Bertz CT molecular complexity index is 703. The van der Waals surface area contributed by atoms with Gasteiger partial charge in [0, 0.05) is 6.04 Å². The molecule has 10 heteroatoms. The fraction of sp³-hybridized carbons (Fsp3) is 0.750. The van der Waals surface area contributed by atoms with Crippen LogP contribution in [0, 0.1) is 5.92 Å². The van der Waals surface area contributed by atoms with Crippen molar-refractivity contribution in [2.75, 3.05) is 6.54 Å². The Morgan fingerprint density at radius 2 is 1.83 bits per heavy atom. The molecule has 2 fully saturated rings. The van der Waals surface area contributed by atoms with Crippen LogP contribution in [0.1, 0.15) is 66.2 Å². The Balaban J connectivity index is 1.82. The molecule has 3 N–H and O–H groups in total. The van der Waals surface area contributed by atoms with Crippen molar-refractivity contribution < 1.29 is 28.7 Å². The number of carbonyl (C=O) groups excluding carboxylic acids is 5. The van der Waals surface area contributed by atoms with Crippen LogP contribution in [-0.4, -0.2) is 59.0 Å². The maximum absolute atomic E-state index is 12.6. The van der Waals surface area contributed by atoms with Crippen molar-refractivity contribution >= 4 is 29.8 Å². The first-order valence-electron chi connectivity index (χ1n) is 10.5. The second-order valence-corrected chi connectivity index (χ2v) is 8.66. The molecule has 0 aromatic heterocycles. The van der Waals surface area contributed by atoms with E-state index in [4.69, 9.17) is 4.74 Å². The first-order valence-corrected chi connectivity index (χ1v) is 10.5. The van der Waals surface area contributed by atoms with Gasteiger partial charge in [-0.1, -0.05) is 26.7 Å². The predicted octanol–water partition coefficient (Wildman–Crippen LogP) is 1.43. The number of nitrogens with zero attached hydrogens (tertiary/aromatic N) is 1. The lowest BCUT2D eigenvalue weighted by Crippen LogP contribution is -2.48. The molecule has 30 heavy (non-hydrogen) atoms. The van der Waals surface area contributed by atoms with Crippen LogP contribution in [0.3, 0.4) is 0 Å². The zero-order valence-electron chi connectivity index (χ0n) is 18.1. The number of nitrogens with one attached hydrogen (secondary N) is 3. The molecule has 0 bridgehead atoms. The first-order chi connectivity index (χ1) is 14.0. The molecule has 2 aliphatic rings. The van der Waals surface area contributed by atoms with Crippen LogP contribution in [0.5, 0.6) is 0 Å². The molecule has 0 spiro atoms. The van der Waals surface area contributed by atoms with E-state index in [2.05, 4.69) is 16.0 Å². The highest BCUT2D eigenvalue weighted by Gasteiger charge is 2.48. The smallest absolute Gasteiger partial charge is 0.327 e. The van der Waals surface area contributed by atoms with Crippen LogP contribution in [0.2, 0.25) is 0 Å². The molecule has 6 amide bonds. The van der Waals surface area contributed by atoms with Crippen molar-refractivity contribution in [2.24, 2.45) is 5.92 Å². The van der Waals surface area contributed by atoms with Gasteiger partial charge in [-0.15, -0.1) is 0 Å². The summed E-state index contributed by atoms with van der Waals surface area (Å²) in [5.74, 6) is -1.84. The zero-order chi connectivity index (χ0) is 22.5. The quantitative estimate of drug-likeness (QED) is 0.399. The third-order valence-electron chi connectivity index (χ3n) is 5.46. The fourth-order valence-corrected chi connectivity index (χ4v) is 3.56. The molecule has 0 aromatic rings. The molecular weight excluding hydrogens is 392 g/mol. The van der Waals surface area contributed by atoms with Gasteiger partial charge in [0.1, 0.15) is 12.1 Å². The van der Waals surface area contributed by atoms with Crippen molar-refractivity contribution in [3.63, 3.8) is 0 Å².